The fourth-order valence-electron chi connectivity index (χ4n) is 3.56. The average molecular weight is 557 g/mol. The van der Waals surface area contributed by atoms with E-state index in [0.717, 1.165) is 17.5 Å². The lowest BCUT2D eigenvalue weighted by molar-refractivity contribution is -0.137. The Morgan fingerprint density at radius 3 is 2.54 bits per heavy atom. The van der Waals surface area contributed by atoms with Crippen LogP contribution in [0.2, 0.25) is 0 Å². The summed E-state index contributed by atoms with van der Waals surface area (Å²) in [4.78, 5) is 12.9. The number of hydrogen-bond donors (Lipinski definition) is 2. The molecule has 1 aliphatic rings. The standard InChI is InChI=1S/C23H25F3N2O2S.C3H8S.C2H6/c1-5-7-20(29)21(2,3)19-13-17(27-28-19)18-14-22(4,10-11-30-18)31-16-9-6-8-15(12-16)23(24,25)26;1-2-3-4;1-2/h1,6,8-9,12-13,18H,7,10-11,14H2,2-4H3,(H,27,28);4H,2-3H2,1H3;1-2H3. The number of ether oxygens (including phenoxy) is 1. The quantitative estimate of drug-likeness (QED) is 0.268. The zero-order valence-electron chi connectivity index (χ0n) is 22.5. The molecule has 0 aliphatic carbocycles. The number of nitrogens with one attached hydrogen (secondary N) is 1. The number of halogens is 3. The molecule has 206 valence electrons. The summed E-state index contributed by atoms with van der Waals surface area (Å²) < 4.78 is 44.8. The van der Waals surface area contributed by atoms with Crippen LogP contribution in [0.5, 0.6) is 0 Å². The molecular weight excluding hydrogens is 517 g/mol. The Bertz CT molecular complexity index is 1030. The van der Waals surface area contributed by atoms with Crippen LogP contribution < -0.4 is 0 Å². The number of aromatic amines is 1. The molecule has 2 atom stereocenters. The first-order valence-electron chi connectivity index (χ1n) is 12.5. The van der Waals surface area contributed by atoms with E-state index in [9.17, 15) is 18.0 Å². The molecular formula is C28H39F3N2O2S2. The van der Waals surface area contributed by atoms with Crippen LogP contribution in [0.1, 0.15) is 90.3 Å². The van der Waals surface area contributed by atoms with Crippen molar-refractivity contribution in [1.82, 2.24) is 10.2 Å². The number of ketones is 1. The van der Waals surface area contributed by atoms with Gasteiger partial charge in [0.1, 0.15) is 6.10 Å². The predicted octanol–water partition coefficient (Wildman–Crippen LogP) is 8.05. The third-order valence-electron chi connectivity index (χ3n) is 5.86. The second-order valence-corrected chi connectivity index (χ2v) is 11.4. The van der Waals surface area contributed by atoms with Gasteiger partial charge in [0.15, 0.2) is 5.78 Å². The van der Waals surface area contributed by atoms with Crippen LogP contribution in [0.4, 0.5) is 13.2 Å². The highest BCUT2D eigenvalue weighted by molar-refractivity contribution is 8.00. The number of carbonyl (C=O) groups excluding carboxylic acids is 1. The number of aromatic nitrogens is 2. The van der Waals surface area contributed by atoms with E-state index in [0.29, 0.717) is 30.0 Å². The molecule has 0 saturated carbocycles. The number of Topliss-reactive ketones (excluding diaryl/α,β-unsaturated/α-hetero) is 1. The van der Waals surface area contributed by atoms with Gasteiger partial charge in [-0.05, 0) is 70.1 Å². The summed E-state index contributed by atoms with van der Waals surface area (Å²) in [5.74, 6) is 3.29. The number of nitrogens with zero attached hydrogens (tertiary/aromatic N) is 1. The van der Waals surface area contributed by atoms with E-state index in [2.05, 4.69) is 35.7 Å². The molecule has 3 rings (SSSR count). The maximum atomic E-state index is 13.1. The van der Waals surface area contributed by atoms with Gasteiger partial charge in [0.25, 0.3) is 0 Å². The molecule has 1 fully saturated rings. The van der Waals surface area contributed by atoms with Crippen LogP contribution in [0.15, 0.2) is 35.2 Å². The van der Waals surface area contributed by atoms with Crippen molar-refractivity contribution in [2.45, 2.75) is 94.6 Å². The average Bonchev–Trinajstić information content (AvgIpc) is 3.36. The van der Waals surface area contributed by atoms with E-state index in [1.54, 1.807) is 19.9 Å². The molecule has 0 radical (unpaired) electrons. The Kier molecular flexibility index (Phi) is 13.3. The second-order valence-electron chi connectivity index (χ2n) is 9.25. The van der Waals surface area contributed by atoms with Gasteiger partial charge >= 0.3 is 6.18 Å². The number of hydrogen-bond acceptors (Lipinski definition) is 5. The molecule has 2 heterocycles. The summed E-state index contributed by atoms with van der Waals surface area (Å²) >= 11 is 5.35. The van der Waals surface area contributed by atoms with Crippen molar-refractivity contribution in [1.29, 1.82) is 0 Å². The Hall–Kier alpha value is -1.89. The summed E-state index contributed by atoms with van der Waals surface area (Å²) in [5, 5.41) is 7.28. The van der Waals surface area contributed by atoms with Crippen LogP contribution >= 0.6 is 24.4 Å². The zero-order chi connectivity index (χ0) is 28.3. The van der Waals surface area contributed by atoms with Crippen LogP contribution in [-0.2, 0) is 21.1 Å². The first-order valence-corrected chi connectivity index (χ1v) is 13.9. The van der Waals surface area contributed by atoms with Gasteiger partial charge in [-0.2, -0.15) is 30.9 Å². The third-order valence-corrected chi connectivity index (χ3v) is 7.66. The molecule has 1 aliphatic heterocycles. The number of H-pyrrole nitrogens is 1. The Labute approximate surface area is 229 Å². The van der Waals surface area contributed by atoms with E-state index in [4.69, 9.17) is 11.2 Å². The third kappa shape index (κ3) is 9.73. The van der Waals surface area contributed by atoms with Crippen molar-refractivity contribution in [2.75, 3.05) is 12.4 Å². The lowest BCUT2D eigenvalue weighted by atomic mass is 9.83. The minimum Gasteiger partial charge on any atom is -0.372 e. The van der Waals surface area contributed by atoms with Crippen molar-refractivity contribution in [2.24, 2.45) is 0 Å². The molecule has 1 aromatic carbocycles. The maximum absolute atomic E-state index is 13.1. The Morgan fingerprint density at radius 1 is 1.32 bits per heavy atom. The van der Waals surface area contributed by atoms with Gasteiger partial charge in [-0.1, -0.05) is 32.8 Å². The summed E-state index contributed by atoms with van der Waals surface area (Å²) in [6.07, 6.45) is 3.11. The number of thiol groups is 1. The summed E-state index contributed by atoms with van der Waals surface area (Å²) in [6.45, 7) is 12.2. The topological polar surface area (TPSA) is 55.0 Å². The number of terminal acetylenes is 1. The van der Waals surface area contributed by atoms with Crippen molar-refractivity contribution in [3.63, 3.8) is 0 Å². The second kappa shape index (κ2) is 14.9. The van der Waals surface area contributed by atoms with Gasteiger partial charge < -0.3 is 4.74 Å². The number of thioether (sulfide) groups is 1. The van der Waals surface area contributed by atoms with Gasteiger partial charge in [-0.15, -0.1) is 18.2 Å². The lowest BCUT2D eigenvalue weighted by Crippen LogP contribution is -2.32. The maximum Gasteiger partial charge on any atom is 0.416 e. The first kappa shape index (κ1) is 33.1. The highest BCUT2D eigenvalue weighted by atomic mass is 32.2. The molecule has 9 heteroatoms. The highest BCUT2D eigenvalue weighted by Gasteiger charge is 2.38. The molecule has 0 amide bonds. The largest absolute Gasteiger partial charge is 0.416 e. The zero-order valence-corrected chi connectivity index (χ0v) is 24.2. The van der Waals surface area contributed by atoms with Crippen molar-refractivity contribution >= 4 is 30.2 Å². The SMILES string of the molecule is C#CCC(=O)C(C)(C)c1cc(C2CC(C)(Sc3cccc(C(F)(F)F)c3)CCO2)[nH]n1.CC.CCCS. The predicted molar refractivity (Wildman–Crippen MR) is 149 cm³/mol. The molecule has 4 nitrogen and oxygen atoms in total. The molecule has 2 aromatic rings. The van der Waals surface area contributed by atoms with Gasteiger partial charge in [-0.25, -0.2) is 0 Å². The van der Waals surface area contributed by atoms with Crippen LogP contribution in [0.3, 0.4) is 0 Å². The minimum absolute atomic E-state index is 0.0286. The Balaban J connectivity index is 0.00000104. The van der Waals surface area contributed by atoms with Gasteiger partial charge in [0, 0.05) is 16.2 Å². The van der Waals surface area contributed by atoms with Gasteiger partial charge in [-0.3, -0.25) is 9.89 Å². The molecule has 0 bridgehead atoms. The summed E-state index contributed by atoms with van der Waals surface area (Å²) in [5.41, 5.74) is -0.149. The molecule has 0 spiro atoms. The Morgan fingerprint density at radius 2 is 1.97 bits per heavy atom. The van der Waals surface area contributed by atoms with E-state index in [1.807, 2.05) is 26.8 Å². The van der Waals surface area contributed by atoms with E-state index in [1.165, 1.54) is 30.3 Å². The molecule has 1 saturated heterocycles. The van der Waals surface area contributed by atoms with Crippen molar-refractivity contribution in [3.8, 4) is 12.3 Å². The molecule has 2 unspecified atom stereocenters. The number of alkyl halides is 3. The molecule has 37 heavy (non-hydrogen) atoms. The fraction of sp³-hybridized carbons (Fsp3) is 0.571. The van der Waals surface area contributed by atoms with Gasteiger partial charge in [0.05, 0.1) is 28.8 Å². The van der Waals surface area contributed by atoms with Crippen LogP contribution in [-0.4, -0.2) is 33.1 Å². The lowest BCUT2D eigenvalue weighted by Gasteiger charge is -2.37. The van der Waals surface area contributed by atoms with Crippen LogP contribution in [0, 0.1) is 12.3 Å². The van der Waals surface area contributed by atoms with E-state index < -0.39 is 17.2 Å². The number of benzene rings is 1. The minimum atomic E-state index is -4.37. The smallest absolute Gasteiger partial charge is 0.372 e. The number of carbonyl (C=O) groups is 1. The molecule has 1 aromatic heterocycles. The number of rotatable bonds is 7. The highest BCUT2D eigenvalue weighted by Crippen LogP contribution is 2.46. The van der Waals surface area contributed by atoms with Crippen LogP contribution in [0.25, 0.3) is 0 Å². The van der Waals surface area contributed by atoms with Crippen molar-refractivity contribution in [3.05, 3.63) is 47.3 Å². The normalized spacial score (nSPS) is 19.5. The van der Waals surface area contributed by atoms with E-state index in [-0.39, 0.29) is 23.1 Å². The monoisotopic (exact) mass is 556 g/mol. The first-order chi connectivity index (χ1) is 17.4. The molecule has 1 N–H and O–H groups in total. The van der Waals surface area contributed by atoms with Gasteiger partial charge in [0.2, 0.25) is 0 Å². The summed E-state index contributed by atoms with van der Waals surface area (Å²) in [6, 6.07) is 7.22. The van der Waals surface area contributed by atoms with E-state index >= 15 is 0 Å². The van der Waals surface area contributed by atoms with Crippen molar-refractivity contribution < 1.29 is 22.7 Å². The fourth-order valence-corrected chi connectivity index (χ4v) is 4.88. The summed E-state index contributed by atoms with van der Waals surface area (Å²) in [7, 11) is 0.